The van der Waals surface area contributed by atoms with Gasteiger partial charge in [0.1, 0.15) is 11.2 Å². The second kappa shape index (κ2) is 5.09. The second-order valence-electron chi connectivity index (χ2n) is 3.62. The zero-order chi connectivity index (χ0) is 12.2. The molecule has 1 rings (SSSR count). The first-order chi connectivity index (χ1) is 7.56. The molecule has 4 heteroatoms. The van der Waals surface area contributed by atoms with Crippen LogP contribution in [0.3, 0.4) is 0 Å². The molecule has 16 heavy (non-hydrogen) atoms. The van der Waals surface area contributed by atoms with Crippen molar-refractivity contribution in [3.05, 3.63) is 23.0 Å². The van der Waals surface area contributed by atoms with Gasteiger partial charge in [0.25, 0.3) is 5.91 Å². The Morgan fingerprint density at radius 3 is 2.62 bits per heavy atom. The Balaban J connectivity index is 2.81. The highest BCUT2D eigenvalue weighted by molar-refractivity contribution is 6.30. The molecule has 1 amide bonds. The third kappa shape index (κ3) is 2.59. The van der Waals surface area contributed by atoms with Gasteiger partial charge in [0, 0.05) is 6.20 Å². The standard InChI is InChI=1S/C12H15ClN2O/c1-4-12(5-2,6-3)15-11(16)10-7-9(13)8-14-10/h1,7-8,14H,5-6H2,2-3H3,(H,15,16). The third-order valence-electron chi connectivity index (χ3n) is 2.73. The molecule has 0 spiro atoms. The minimum Gasteiger partial charge on any atom is -0.356 e. The van der Waals surface area contributed by atoms with Crippen LogP contribution in [0.4, 0.5) is 0 Å². The number of carbonyl (C=O) groups is 1. The van der Waals surface area contributed by atoms with E-state index in [1.807, 2.05) is 13.8 Å². The Bertz CT molecular complexity index is 413. The molecular weight excluding hydrogens is 224 g/mol. The summed E-state index contributed by atoms with van der Waals surface area (Å²) in [6, 6.07) is 1.57. The quantitative estimate of drug-likeness (QED) is 0.779. The number of H-pyrrole nitrogens is 1. The number of terminal acetylenes is 1. The molecule has 1 aromatic rings. The molecule has 0 saturated heterocycles. The van der Waals surface area contributed by atoms with Crippen molar-refractivity contribution in [2.75, 3.05) is 0 Å². The Labute approximate surface area is 101 Å². The molecular formula is C12H15ClN2O. The van der Waals surface area contributed by atoms with Crippen molar-refractivity contribution in [2.24, 2.45) is 0 Å². The molecule has 3 nitrogen and oxygen atoms in total. The van der Waals surface area contributed by atoms with E-state index in [4.69, 9.17) is 18.0 Å². The van der Waals surface area contributed by atoms with Gasteiger partial charge in [0.2, 0.25) is 0 Å². The van der Waals surface area contributed by atoms with Gasteiger partial charge >= 0.3 is 0 Å². The van der Waals surface area contributed by atoms with Crippen molar-refractivity contribution < 1.29 is 4.79 Å². The average Bonchev–Trinajstić information content (AvgIpc) is 2.73. The summed E-state index contributed by atoms with van der Waals surface area (Å²) in [5.41, 5.74) is -0.152. The molecule has 0 fully saturated rings. The van der Waals surface area contributed by atoms with Crippen molar-refractivity contribution in [1.82, 2.24) is 10.3 Å². The zero-order valence-corrected chi connectivity index (χ0v) is 10.2. The van der Waals surface area contributed by atoms with Crippen LogP contribution in [0.25, 0.3) is 0 Å². The van der Waals surface area contributed by atoms with E-state index in [2.05, 4.69) is 16.2 Å². The summed E-state index contributed by atoms with van der Waals surface area (Å²) < 4.78 is 0. The Hall–Kier alpha value is -1.40. The predicted octanol–water partition coefficient (Wildman–Crippen LogP) is 2.59. The Morgan fingerprint density at radius 2 is 2.25 bits per heavy atom. The number of aromatic amines is 1. The molecule has 0 aliphatic heterocycles. The number of nitrogens with one attached hydrogen (secondary N) is 2. The van der Waals surface area contributed by atoms with Crippen LogP contribution in [-0.4, -0.2) is 16.4 Å². The number of aromatic nitrogens is 1. The summed E-state index contributed by atoms with van der Waals surface area (Å²) >= 11 is 5.73. The highest BCUT2D eigenvalue weighted by Crippen LogP contribution is 2.16. The summed E-state index contributed by atoms with van der Waals surface area (Å²) in [6.07, 6.45) is 8.41. The number of hydrogen-bond donors (Lipinski definition) is 2. The second-order valence-corrected chi connectivity index (χ2v) is 4.06. The molecule has 1 heterocycles. The molecule has 1 aromatic heterocycles. The minimum absolute atomic E-state index is 0.228. The lowest BCUT2D eigenvalue weighted by Crippen LogP contribution is -2.46. The topological polar surface area (TPSA) is 44.9 Å². The number of rotatable bonds is 4. The van der Waals surface area contributed by atoms with Gasteiger partial charge in [-0.2, -0.15) is 0 Å². The van der Waals surface area contributed by atoms with E-state index >= 15 is 0 Å². The van der Waals surface area contributed by atoms with E-state index in [1.165, 1.54) is 0 Å². The van der Waals surface area contributed by atoms with Gasteiger partial charge < -0.3 is 10.3 Å². The van der Waals surface area contributed by atoms with Gasteiger partial charge in [0.15, 0.2) is 0 Å². The van der Waals surface area contributed by atoms with E-state index in [9.17, 15) is 4.79 Å². The fourth-order valence-corrected chi connectivity index (χ4v) is 1.61. The van der Waals surface area contributed by atoms with Crippen molar-refractivity contribution in [3.63, 3.8) is 0 Å². The monoisotopic (exact) mass is 238 g/mol. The van der Waals surface area contributed by atoms with Crippen molar-refractivity contribution in [2.45, 2.75) is 32.2 Å². The predicted molar refractivity (Wildman–Crippen MR) is 65.4 cm³/mol. The van der Waals surface area contributed by atoms with Gasteiger partial charge in [-0.15, -0.1) is 6.42 Å². The molecule has 0 aliphatic carbocycles. The fraction of sp³-hybridized carbons (Fsp3) is 0.417. The van der Waals surface area contributed by atoms with Crippen molar-refractivity contribution >= 4 is 17.5 Å². The summed E-state index contributed by atoms with van der Waals surface area (Å²) in [5, 5.41) is 3.35. The van der Waals surface area contributed by atoms with Crippen molar-refractivity contribution in [1.29, 1.82) is 0 Å². The maximum absolute atomic E-state index is 11.9. The molecule has 0 aliphatic rings. The molecule has 86 valence electrons. The number of amides is 1. The van der Waals surface area contributed by atoms with E-state index in [0.29, 0.717) is 23.6 Å². The maximum atomic E-state index is 11.9. The minimum atomic E-state index is -0.575. The number of hydrogen-bond acceptors (Lipinski definition) is 1. The van der Waals surface area contributed by atoms with Crippen LogP contribution in [-0.2, 0) is 0 Å². The summed E-state index contributed by atoms with van der Waals surface area (Å²) in [7, 11) is 0. The molecule has 0 saturated carbocycles. The van der Waals surface area contributed by atoms with Crippen LogP contribution in [0, 0.1) is 12.3 Å². The first-order valence-electron chi connectivity index (χ1n) is 5.21. The normalized spacial score (nSPS) is 10.9. The van der Waals surface area contributed by atoms with E-state index in [-0.39, 0.29) is 5.91 Å². The molecule has 0 bridgehead atoms. The summed E-state index contributed by atoms with van der Waals surface area (Å²) in [4.78, 5) is 14.6. The van der Waals surface area contributed by atoms with Gasteiger partial charge in [-0.05, 0) is 18.9 Å². The Kier molecular flexibility index (Phi) is 4.03. The lowest BCUT2D eigenvalue weighted by molar-refractivity contribution is 0.0912. The van der Waals surface area contributed by atoms with E-state index in [0.717, 1.165) is 0 Å². The Morgan fingerprint density at radius 1 is 1.62 bits per heavy atom. The van der Waals surface area contributed by atoms with E-state index in [1.54, 1.807) is 12.3 Å². The van der Waals surface area contributed by atoms with E-state index < -0.39 is 5.54 Å². The first-order valence-corrected chi connectivity index (χ1v) is 5.59. The number of carbonyl (C=O) groups excluding carboxylic acids is 1. The third-order valence-corrected chi connectivity index (χ3v) is 2.95. The molecule has 0 aromatic carbocycles. The smallest absolute Gasteiger partial charge is 0.268 e. The molecule has 0 atom stereocenters. The lowest BCUT2D eigenvalue weighted by Gasteiger charge is -2.26. The van der Waals surface area contributed by atoms with Gasteiger partial charge in [0.05, 0.1) is 5.02 Å². The molecule has 0 radical (unpaired) electrons. The molecule has 0 unspecified atom stereocenters. The van der Waals surface area contributed by atoms with Crippen LogP contribution >= 0.6 is 11.6 Å². The van der Waals surface area contributed by atoms with Crippen LogP contribution in [0.5, 0.6) is 0 Å². The van der Waals surface area contributed by atoms with Crippen molar-refractivity contribution in [3.8, 4) is 12.3 Å². The van der Waals surface area contributed by atoms with Gasteiger partial charge in [-0.3, -0.25) is 4.79 Å². The average molecular weight is 239 g/mol. The van der Waals surface area contributed by atoms with Crippen LogP contribution in [0.1, 0.15) is 37.2 Å². The number of halogens is 1. The maximum Gasteiger partial charge on any atom is 0.268 e. The molecule has 2 N–H and O–H groups in total. The summed E-state index contributed by atoms with van der Waals surface area (Å²) in [6.45, 7) is 3.90. The SMILES string of the molecule is C#CC(CC)(CC)NC(=O)c1cc(Cl)c[nH]1. The van der Waals surface area contributed by atoms with Gasteiger partial charge in [-0.1, -0.05) is 31.4 Å². The summed E-state index contributed by atoms with van der Waals surface area (Å²) in [5.74, 6) is 2.42. The highest BCUT2D eigenvalue weighted by Gasteiger charge is 2.26. The first kappa shape index (κ1) is 12.7. The lowest BCUT2D eigenvalue weighted by atomic mass is 9.94. The van der Waals surface area contributed by atoms with Crippen LogP contribution in [0.2, 0.25) is 5.02 Å². The highest BCUT2D eigenvalue weighted by atomic mass is 35.5. The van der Waals surface area contributed by atoms with Crippen LogP contribution in [0.15, 0.2) is 12.3 Å². The largest absolute Gasteiger partial charge is 0.356 e. The zero-order valence-electron chi connectivity index (χ0n) is 9.43. The fourth-order valence-electron chi connectivity index (χ4n) is 1.45. The van der Waals surface area contributed by atoms with Gasteiger partial charge in [-0.25, -0.2) is 0 Å². The van der Waals surface area contributed by atoms with Crippen LogP contribution < -0.4 is 5.32 Å².